The van der Waals surface area contributed by atoms with E-state index in [4.69, 9.17) is 5.84 Å². The third-order valence-corrected chi connectivity index (χ3v) is 3.18. The van der Waals surface area contributed by atoms with Crippen LogP contribution in [0.5, 0.6) is 0 Å². The first-order valence-electron chi connectivity index (χ1n) is 4.63. The number of hydrogen-bond donors (Lipinski definition) is 2. The molecule has 0 radical (unpaired) electrons. The lowest BCUT2D eigenvalue weighted by atomic mass is 10.0. The lowest BCUT2D eigenvalue weighted by Crippen LogP contribution is -2.29. The Morgan fingerprint density at radius 3 is 2.71 bits per heavy atom. The van der Waals surface area contributed by atoms with Crippen molar-refractivity contribution in [2.24, 2.45) is 11.8 Å². The second kappa shape index (κ2) is 3.96. The molecule has 0 bridgehead atoms. The average molecular weight is 259 g/mol. The van der Waals surface area contributed by atoms with Gasteiger partial charge in [-0.3, -0.25) is 11.3 Å². The first-order valence-corrected chi connectivity index (χ1v) is 5.42. The van der Waals surface area contributed by atoms with Gasteiger partial charge >= 0.3 is 0 Å². The third-order valence-electron chi connectivity index (χ3n) is 2.58. The van der Waals surface area contributed by atoms with Gasteiger partial charge in [0.25, 0.3) is 0 Å². The van der Waals surface area contributed by atoms with Crippen molar-refractivity contribution in [3.8, 4) is 0 Å². The molecule has 2 rings (SSSR count). The Bertz CT molecular complexity index is 339. The van der Waals surface area contributed by atoms with Gasteiger partial charge in [0.1, 0.15) is 5.82 Å². The topological polar surface area (TPSA) is 38.0 Å². The van der Waals surface area contributed by atoms with Crippen LogP contribution in [0.3, 0.4) is 0 Å². The minimum absolute atomic E-state index is 0.159. The summed E-state index contributed by atoms with van der Waals surface area (Å²) < 4.78 is 13.5. The van der Waals surface area contributed by atoms with Crippen molar-refractivity contribution in [3.05, 3.63) is 34.1 Å². The molecule has 1 aliphatic rings. The molecular formula is C10H12BrFN2. The molecule has 0 amide bonds. The zero-order chi connectivity index (χ0) is 10.1. The lowest BCUT2D eigenvalue weighted by Gasteiger charge is -2.15. The molecule has 1 aromatic rings. The summed E-state index contributed by atoms with van der Waals surface area (Å²) in [5, 5.41) is 0. The minimum Gasteiger partial charge on any atom is -0.271 e. The number of hydrogen-bond acceptors (Lipinski definition) is 2. The van der Waals surface area contributed by atoms with Crippen LogP contribution in [0.25, 0.3) is 0 Å². The van der Waals surface area contributed by atoms with E-state index in [0.717, 1.165) is 5.56 Å². The Morgan fingerprint density at radius 2 is 2.21 bits per heavy atom. The molecule has 14 heavy (non-hydrogen) atoms. The minimum atomic E-state index is -0.236. The van der Waals surface area contributed by atoms with Gasteiger partial charge < -0.3 is 0 Å². The highest BCUT2D eigenvalue weighted by atomic mass is 79.9. The maximum Gasteiger partial charge on any atom is 0.137 e. The highest BCUT2D eigenvalue weighted by Crippen LogP contribution is 2.41. The maximum atomic E-state index is 13.0. The van der Waals surface area contributed by atoms with Crippen LogP contribution in [0, 0.1) is 11.7 Å². The van der Waals surface area contributed by atoms with E-state index in [2.05, 4.69) is 21.4 Å². The molecule has 1 fully saturated rings. The molecule has 1 saturated carbocycles. The van der Waals surface area contributed by atoms with E-state index in [1.165, 1.54) is 18.9 Å². The van der Waals surface area contributed by atoms with Crippen molar-refractivity contribution in [2.45, 2.75) is 18.9 Å². The number of halogens is 2. The summed E-state index contributed by atoms with van der Waals surface area (Å²) >= 11 is 3.17. The van der Waals surface area contributed by atoms with Gasteiger partial charge in [-0.25, -0.2) is 4.39 Å². The second-order valence-corrected chi connectivity index (χ2v) is 4.51. The number of hydrazine groups is 1. The molecule has 0 aliphatic heterocycles. The summed E-state index contributed by atoms with van der Waals surface area (Å²) in [6.07, 6.45) is 2.40. The first kappa shape index (κ1) is 10.1. The van der Waals surface area contributed by atoms with Gasteiger partial charge in [0.2, 0.25) is 0 Å². The van der Waals surface area contributed by atoms with Crippen LogP contribution < -0.4 is 11.3 Å². The predicted octanol–water partition coefficient (Wildman–Crippen LogP) is 2.50. The van der Waals surface area contributed by atoms with Crippen molar-refractivity contribution >= 4 is 15.9 Å². The highest BCUT2D eigenvalue weighted by Gasteiger charge is 2.31. The molecule has 0 heterocycles. The molecule has 1 aliphatic carbocycles. The maximum absolute atomic E-state index is 13.0. The summed E-state index contributed by atoms with van der Waals surface area (Å²) in [7, 11) is 0. The van der Waals surface area contributed by atoms with Crippen molar-refractivity contribution < 1.29 is 4.39 Å². The fraction of sp³-hybridized carbons (Fsp3) is 0.400. The summed E-state index contributed by atoms with van der Waals surface area (Å²) in [4.78, 5) is 0. The van der Waals surface area contributed by atoms with Crippen LogP contribution >= 0.6 is 15.9 Å². The van der Waals surface area contributed by atoms with Gasteiger partial charge in [-0.15, -0.1) is 0 Å². The van der Waals surface area contributed by atoms with E-state index in [0.29, 0.717) is 10.4 Å². The predicted molar refractivity (Wildman–Crippen MR) is 56.9 cm³/mol. The van der Waals surface area contributed by atoms with Gasteiger partial charge in [-0.2, -0.15) is 0 Å². The molecule has 0 saturated heterocycles. The molecule has 0 aromatic heterocycles. The molecule has 2 nitrogen and oxygen atoms in total. The van der Waals surface area contributed by atoms with E-state index in [-0.39, 0.29) is 11.9 Å². The zero-order valence-corrected chi connectivity index (χ0v) is 9.22. The average Bonchev–Trinajstić information content (AvgIpc) is 2.96. The van der Waals surface area contributed by atoms with Crippen LogP contribution in [0.1, 0.15) is 24.4 Å². The van der Waals surface area contributed by atoms with E-state index in [9.17, 15) is 4.39 Å². The molecule has 76 valence electrons. The number of nitrogens with one attached hydrogen (secondary N) is 1. The van der Waals surface area contributed by atoms with E-state index >= 15 is 0 Å². The summed E-state index contributed by atoms with van der Waals surface area (Å²) in [6.45, 7) is 0. The van der Waals surface area contributed by atoms with Crippen LogP contribution in [-0.4, -0.2) is 0 Å². The fourth-order valence-electron chi connectivity index (χ4n) is 1.64. The van der Waals surface area contributed by atoms with Gasteiger partial charge in [-0.1, -0.05) is 6.07 Å². The van der Waals surface area contributed by atoms with Gasteiger partial charge in [-0.05, 0) is 52.4 Å². The number of benzene rings is 1. The van der Waals surface area contributed by atoms with Gasteiger partial charge in [0, 0.05) is 6.04 Å². The van der Waals surface area contributed by atoms with Gasteiger partial charge in [0.15, 0.2) is 0 Å². The normalized spacial score (nSPS) is 18.2. The summed E-state index contributed by atoms with van der Waals surface area (Å²) in [6, 6.07) is 5.19. The Kier molecular flexibility index (Phi) is 2.85. The van der Waals surface area contributed by atoms with Gasteiger partial charge in [0.05, 0.1) is 4.47 Å². The Morgan fingerprint density at radius 1 is 1.50 bits per heavy atom. The van der Waals surface area contributed by atoms with E-state index in [1.807, 2.05) is 0 Å². The molecule has 0 spiro atoms. The smallest absolute Gasteiger partial charge is 0.137 e. The molecule has 1 atom stereocenters. The SMILES string of the molecule is NNC(c1ccc(F)c(Br)c1)C1CC1. The highest BCUT2D eigenvalue weighted by molar-refractivity contribution is 9.10. The number of rotatable bonds is 3. The molecule has 3 N–H and O–H groups in total. The second-order valence-electron chi connectivity index (χ2n) is 3.66. The third kappa shape index (κ3) is 1.97. The number of nitrogens with two attached hydrogens (primary N) is 1. The quantitative estimate of drug-likeness (QED) is 0.646. The Labute approximate surface area is 90.8 Å². The van der Waals surface area contributed by atoms with E-state index in [1.54, 1.807) is 12.1 Å². The fourth-order valence-corrected chi connectivity index (χ4v) is 2.04. The van der Waals surface area contributed by atoms with Crippen molar-refractivity contribution in [3.63, 3.8) is 0 Å². The van der Waals surface area contributed by atoms with Crippen molar-refractivity contribution in [2.75, 3.05) is 0 Å². The molecule has 1 unspecified atom stereocenters. The van der Waals surface area contributed by atoms with Crippen LogP contribution in [0.15, 0.2) is 22.7 Å². The summed E-state index contributed by atoms with van der Waals surface area (Å²) in [5.74, 6) is 5.85. The standard InChI is InChI=1S/C10H12BrFN2/c11-8-5-7(3-4-9(8)12)10(14-13)6-1-2-6/h3-6,10,14H,1-2,13H2. The molecule has 4 heteroatoms. The zero-order valence-electron chi connectivity index (χ0n) is 7.63. The Balaban J connectivity index is 2.25. The van der Waals surface area contributed by atoms with Crippen LogP contribution in [0.4, 0.5) is 4.39 Å². The molecular weight excluding hydrogens is 247 g/mol. The summed E-state index contributed by atoms with van der Waals surface area (Å²) in [5.41, 5.74) is 3.83. The largest absolute Gasteiger partial charge is 0.271 e. The van der Waals surface area contributed by atoms with Crippen LogP contribution in [0.2, 0.25) is 0 Å². The lowest BCUT2D eigenvalue weighted by molar-refractivity contribution is 0.495. The van der Waals surface area contributed by atoms with E-state index < -0.39 is 0 Å². The monoisotopic (exact) mass is 258 g/mol. The molecule has 1 aromatic carbocycles. The van der Waals surface area contributed by atoms with Crippen molar-refractivity contribution in [1.82, 2.24) is 5.43 Å². The van der Waals surface area contributed by atoms with Crippen LogP contribution in [-0.2, 0) is 0 Å². The first-order chi connectivity index (χ1) is 6.72. The van der Waals surface area contributed by atoms with Crippen molar-refractivity contribution in [1.29, 1.82) is 0 Å². The Hall–Kier alpha value is -0.450.